The number of hydrogen-bond donors (Lipinski definition) is 1. The Bertz CT molecular complexity index is 1320. The zero-order valence-electron chi connectivity index (χ0n) is 21.0. The molecule has 8 nitrogen and oxygen atoms in total. The van der Waals surface area contributed by atoms with Gasteiger partial charge < -0.3 is 18.9 Å². The number of hydrazine groups is 1. The van der Waals surface area contributed by atoms with Crippen LogP contribution >= 0.6 is 0 Å². The van der Waals surface area contributed by atoms with Gasteiger partial charge in [0.05, 0.1) is 32.2 Å². The normalized spacial score (nSPS) is 18.4. The molecule has 2 aliphatic heterocycles. The fraction of sp³-hybridized carbons (Fsp3) is 0.241. The van der Waals surface area contributed by atoms with Gasteiger partial charge >= 0.3 is 5.97 Å². The predicted molar refractivity (Wildman–Crippen MR) is 141 cm³/mol. The standard InChI is InChI=1S/C29H29N3O5/c1-4-36-29(33)23-18-30-32-25(20-12-15-26(34-2)27(16-20)35-3)17-24(31-28(23)32)19-10-13-22(14-11-19)37-21-8-6-5-7-9-21/h5-17,23,28,30H,4,18H2,1-3H3. The number of benzene rings is 3. The first-order chi connectivity index (χ1) is 18.1. The van der Waals surface area contributed by atoms with Crippen molar-refractivity contribution in [2.24, 2.45) is 10.9 Å². The Labute approximate surface area is 216 Å². The van der Waals surface area contributed by atoms with E-state index in [4.69, 9.17) is 23.9 Å². The van der Waals surface area contributed by atoms with Crippen molar-refractivity contribution in [2.45, 2.75) is 13.1 Å². The number of ether oxygens (including phenoxy) is 4. The number of carbonyl (C=O) groups is 1. The molecule has 3 aromatic rings. The topological polar surface area (TPSA) is 81.6 Å². The van der Waals surface area contributed by atoms with Crippen LogP contribution in [0.3, 0.4) is 0 Å². The molecule has 190 valence electrons. The lowest BCUT2D eigenvalue weighted by atomic mass is 10.00. The largest absolute Gasteiger partial charge is 0.493 e. The number of fused-ring (bicyclic) bond motifs is 1. The predicted octanol–water partition coefficient (Wildman–Crippen LogP) is 4.67. The molecule has 5 rings (SSSR count). The van der Waals surface area contributed by atoms with Crippen LogP contribution < -0.4 is 19.6 Å². The molecule has 1 N–H and O–H groups in total. The second-order valence-electron chi connectivity index (χ2n) is 8.56. The summed E-state index contributed by atoms with van der Waals surface area (Å²) in [6.45, 7) is 2.55. The Kier molecular flexibility index (Phi) is 7.09. The highest BCUT2D eigenvalue weighted by atomic mass is 16.5. The van der Waals surface area contributed by atoms with Crippen molar-refractivity contribution in [1.82, 2.24) is 10.4 Å². The quantitative estimate of drug-likeness (QED) is 0.451. The number of methoxy groups -OCH3 is 2. The van der Waals surface area contributed by atoms with Crippen LogP contribution in [0.1, 0.15) is 18.1 Å². The molecule has 0 bridgehead atoms. The first-order valence-electron chi connectivity index (χ1n) is 12.2. The third-order valence-corrected chi connectivity index (χ3v) is 6.31. The number of nitrogens with one attached hydrogen (secondary N) is 1. The monoisotopic (exact) mass is 499 g/mol. The van der Waals surface area contributed by atoms with E-state index in [9.17, 15) is 4.79 Å². The van der Waals surface area contributed by atoms with Crippen molar-refractivity contribution < 1.29 is 23.7 Å². The Morgan fingerprint density at radius 3 is 2.35 bits per heavy atom. The molecule has 1 saturated heterocycles. The lowest BCUT2D eigenvalue weighted by molar-refractivity contribution is -0.148. The Hall–Kier alpha value is -4.30. The summed E-state index contributed by atoms with van der Waals surface area (Å²) < 4.78 is 22.2. The highest BCUT2D eigenvalue weighted by molar-refractivity contribution is 6.13. The average Bonchev–Trinajstić information content (AvgIpc) is 3.37. The minimum absolute atomic E-state index is 0.272. The molecule has 0 radical (unpaired) electrons. The van der Waals surface area contributed by atoms with Crippen LogP contribution in [0.15, 0.2) is 83.9 Å². The number of hydrogen-bond acceptors (Lipinski definition) is 8. The third kappa shape index (κ3) is 5.01. The van der Waals surface area contributed by atoms with Gasteiger partial charge in [-0.15, -0.1) is 0 Å². The van der Waals surface area contributed by atoms with Crippen molar-refractivity contribution in [3.8, 4) is 23.0 Å². The van der Waals surface area contributed by atoms with E-state index in [1.54, 1.807) is 14.2 Å². The fourth-order valence-electron chi connectivity index (χ4n) is 4.48. The molecule has 2 heterocycles. The van der Waals surface area contributed by atoms with Crippen LogP contribution in [-0.2, 0) is 9.53 Å². The molecular formula is C29H29N3O5. The highest BCUT2D eigenvalue weighted by Crippen LogP contribution is 2.37. The maximum Gasteiger partial charge on any atom is 0.314 e. The second kappa shape index (κ2) is 10.8. The van der Waals surface area contributed by atoms with Crippen LogP contribution in [-0.4, -0.2) is 50.2 Å². The molecule has 1 fully saturated rings. The maximum atomic E-state index is 12.8. The molecule has 0 aliphatic carbocycles. The summed E-state index contributed by atoms with van der Waals surface area (Å²) in [5.74, 6) is 2.03. The first-order valence-corrected chi connectivity index (χ1v) is 12.2. The molecule has 3 aromatic carbocycles. The summed E-state index contributed by atoms with van der Waals surface area (Å²) in [5, 5.41) is 1.93. The lowest BCUT2D eigenvalue weighted by Gasteiger charge is -2.32. The van der Waals surface area contributed by atoms with Gasteiger partial charge in [-0.3, -0.25) is 14.8 Å². The van der Waals surface area contributed by atoms with Crippen LogP contribution in [0, 0.1) is 5.92 Å². The van der Waals surface area contributed by atoms with E-state index in [1.165, 1.54) is 0 Å². The summed E-state index contributed by atoms with van der Waals surface area (Å²) in [6, 6.07) is 23.1. The SMILES string of the molecule is CCOC(=O)C1CNN2C(c3ccc(OC)c(OC)c3)=CC(c3ccc(Oc4ccccc4)cc3)=NC12. The number of nitrogens with zero attached hydrogens (tertiary/aromatic N) is 2. The average molecular weight is 500 g/mol. The van der Waals surface area contributed by atoms with Crippen molar-refractivity contribution in [2.75, 3.05) is 27.4 Å². The Morgan fingerprint density at radius 1 is 0.946 bits per heavy atom. The van der Waals surface area contributed by atoms with Gasteiger partial charge in [-0.05, 0) is 67.6 Å². The van der Waals surface area contributed by atoms with Gasteiger partial charge in [-0.2, -0.15) is 0 Å². The van der Waals surface area contributed by atoms with E-state index in [2.05, 4.69) is 5.43 Å². The van der Waals surface area contributed by atoms with Crippen LogP contribution in [0.25, 0.3) is 5.70 Å². The van der Waals surface area contributed by atoms with Crippen molar-refractivity contribution >= 4 is 17.4 Å². The highest BCUT2D eigenvalue weighted by Gasteiger charge is 2.43. The van der Waals surface area contributed by atoms with Gasteiger partial charge in [0.25, 0.3) is 0 Å². The van der Waals surface area contributed by atoms with E-state index in [-0.39, 0.29) is 5.97 Å². The summed E-state index contributed by atoms with van der Waals surface area (Å²) in [6.07, 6.45) is 1.55. The van der Waals surface area contributed by atoms with E-state index in [0.717, 1.165) is 34.0 Å². The van der Waals surface area contributed by atoms with E-state index in [1.807, 2.05) is 90.8 Å². The maximum absolute atomic E-state index is 12.8. The third-order valence-electron chi connectivity index (χ3n) is 6.31. The smallest absolute Gasteiger partial charge is 0.314 e. The molecule has 0 aromatic heterocycles. The summed E-state index contributed by atoms with van der Waals surface area (Å²) >= 11 is 0. The number of rotatable bonds is 8. The van der Waals surface area contributed by atoms with Crippen molar-refractivity contribution in [3.05, 3.63) is 90.0 Å². The van der Waals surface area contributed by atoms with Gasteiger partial charge in [0, 0.05) is 17.7 Å². The van der Waals surface area contributed by atoms with Gasteiger partial charge in [-0.25, -0.2) is 5.43 Å². The Morgan fingerprint density at radius 2 is 1.65 bits per heavy atom. The van der Waals surface area contributed by atoms with Crippen LogP contribution in [0.2, 0.25) is 0 Å². The number of para-hydroxylation sites is 1. The first kappa shape index (κ1) is 24.4. The number of allylic oxidation sites excluding steroid dienone is 1. The summed E-state index contributed by atoms with van der Waals surface area (Å²) in [7, 11) is 3.21. The van der Waals surface area contributed by atoms with E-state index >= 15 is 0 Å². The number of esters is 1. The second-order valence-corrected chi connectivity index (χ2v) is 8.56. The molecule has 2 atom stereocenters. The zero-order chi connectivity index (χ0) is 25.8. The number of carbonyl (C=O) groups excluding carboxylic acids is 1. The summed E-state index contributed by atoms with van der Waals surface area (Å²) in [4.78, 5) is 17.7. The lowest BCUT2D eigenvalue weighted by Crippen LogP contribution is -2.40. The molecule has 2 unspecified atom stereocenters. The minimum Gasteiger partial charge on any atom is -0.493 e. The molecule has 0 saturated carbocycles. The van der Waals surface area contributed by atoms with Gasteiger partial charge in [-0.1, -0.05) is 18.2 Å². The molecule has 2 aliphatic rings. The van der Waals surface area contributed by atoms with Crippen LogP contribution in [0.5, 0.6) is 23.0 Å². The Balaban J connectivity index is 1.51. The fourth-order valence-corrected chi connectivity index (χ4v) is 4.48. The zero-order valence-corrected chi connectivity index (χ0v) is 21.0. The van der Waals surface area contributed by atoms with Crippen LogP contribution in [0.4, 0.5) is 0 Å². The van der Waals surface area contributed by atoms with Crippen molar-refractivity contribution in [1.29, 1.82) is 0 Å². The van der Waals surface area contributed by atoms with E-state index < -0.39 is 12.1 Å². The molecule has 0 spiro atoms. The van der Waals surface area contributed by atoms with E-state index in [0.29, 0.717) is 24.7 Å². The molecule has 37 heavy (non-hydrogen) atoms. The summed E-state index contributed by atoms with van der Waals surface area (Å²) in [5.41, 5.74) is 6.77. The van der Waals surface area contributed by atoms with Crippen molar-refractivity contribution in [3.63, 3.8) is 0 Å². The molecule has 0 amide bonds. The van der Waals surface area contributed by atoms with Gasteiger partial charge in [0.15, 0.2) is 17.7 Å². The molecular weight excluding hydrogens is 470 g/mol. The molecule has 8 heteroatoms. The van der Waals surface area contributed by atoms with Gasteiger partial charge in [0.1, 0.15) is 17.4 Å². The van der Waals surface area contributed by atoms with Gasteiger partial charge in [0.2, 0.25) is 0 Å². The minimum atomic E-state index is -0.456. The number of aliphatic imine (C=N–C) groups is 1.